The van der Waals surface area contributed by atoms with Crippen LogP contribution in [0.5, 0.6) is 5.88 Å². The number of carbonyl (C=O) groups is 2. The summed E-state index contributed by atoms with van der Waals surface area (Å²) in [5.74, 6) is 0.775. The summed E-state index contributed by atoms with van der Waals surface area (Å²) in [6.07, 6.45) is 1.75. The third-order valence-electron chi connectivity index (χ3n) is 3.41. The number of aromatic nitrogens is 1. The SMILES string of the molecule is Cc1cccc(NC(=O)CSCC(=O)NCc2ccc(OC(C)C)nc2)c1. The maximum Gasteiger partial charge on any atom is 0.234 e. The lowest BCUT2D eigenvalue weighted by Crippen LogP contribution is -2.25. The average Bonchev–Trinajstić information content (AvgIpc) is 2.60. The molecule has 0 spiro atoms. The van der Waals surface area contributed by atoms with Gasteiger partial charge >= 0.3 is 0 Å². The summed E-state index contributed by atoms with van der Waals surface area (Å²) in [4.78, 5) is 28.0. The molecular formula is C20H25N3O3S. The molecule has 144 valence electrons. The van der Waals surface area contributed by atoms with E-state index in [2.05, 4.69) is 15.6 Å². The topological polar surface area (TPSA) is 80.3 Å². The molecule has 0 aliphatic heterocycles. The summed E-state index contributed by atoms with van der Waals surface area (Å²) in [7, 11) is 0. The molecule has 0 aliphatic rings. The van der Waals surface area contributed by atoms with Crippen LogP contribution in [-0.4, -0.2) is 34.4 Å². The number of hydrogen-bond donors (Lipinski definition) is 2. The number of aryl methyl sites for hydroxylation is 1. The third-order valence-corrected chi connectivity index (χ3v) is 4.34. The maximum absolute atomic E-state index is 11.9. The number of carbonyl (C=O) groups excluding carboxylic acids is 2. The van der Waals surface area contributed by atoms with Crippen molar-refractivity contribution < 1.29 is 14.3 Å². The number of benzene rings is 1. The van der Waals surface area contributed by atoms with Gasteiger partial charge in [0.2, 0.25) is 17.7 Å². The fourth-order valence-corrected chi connectivity index (χ4v) is 2.88. The van der Waals surface area contributed by atoms with E-state index in [0.29, 0.717) is 12.4 Å². The van der Waals surface area contributed by atoms with E-state index in [0.717, 1.165) is 16.8 Å². The standard InChI is InChI=1S/C20H25N3O3S/c1-14(2)26-20-8-7-16(11-22-20)10-21-18(24)12-27-13-19(25)23-17-6-4-5-15(3)9-17/h4-9,11,14H,10,12-13H2,1-3H3,(H,21,24)(H,23,25). The fraction of sp³-hybridized carbons (Fsp3) is 0.350. The fourth-order valence-electron chi connectivity index (χ4n) is 2.23. The van der Waals surface area contributed by atoms with E-state index in [-0.39, 0.29) is 29.4 Å². The van der Waals surface area contributed by atoms with Crippen LogP contribution in [0.2, 0.25) is 0 Å². The highest BCUT2D eigenvalue weighted by molar-refractivity contribution is 8.00. The van der Waals surface area contributed by atoms with Gasteiger partial charge in [0.1, 0.15) is 0 Å². The lowest BCUT2D eigenvalue weighted by atomic mass is 10.2. The highest BCUT2D eigenvalue weighted by Gasteiger charge is 2.07. The van der Waals surface area contributed by atoms with Crippen LogP contribution in [0.4, 0.5) is 5.69 Å². The molecule has 2 rings (SSSR count). The average molecular weight is 388 g/mol. The van der Waals surface area contributed by atoms with Gasteiger partial charge < -0.3 is 15.4 Å². The van der Waals surface area contributed by atoms with Crippen LogP contribution in [0.1, 0.15) is 25.0 Å². The van der Waals surface area contributed by atoms with Gasteiger partial charge in [-0.05, 0) is 44.0 Å². The Bertz CT molecular complexity index is 763. The quantitative estimate of drug-likeness (QED) is 0.691. The second-order valence-corrected chi connectivity index (χ2v) is 7.34. The van der Waals surface area contributed by atoms with Crippen molar-refractivity contribution in [2.24, 2.45) is 0 Å². The number of nitrogens with one attached hydrogen (secondary N) is 2. The first kappa shape index (κ1) is 20.8. The van der Waals surface area contributed by atoms with E-state index in [1.807, 2.05) is 51.1 Å². The second-order valence-electron chi connectivity index (χ2n) is 6.36. The van der Waals surface area contributed by atoms with Crippen LogP contribution < -0.4 is 15.4 Å². The Balaban J connectivity index is 1.65. The number of amides is 2. The lowest BCUT2D eigenvalue weighted by Gasteiger charge is -2.09. The van der Waals surface area contributed by atoms with Gasteiger partial charge in [-0.2, -0.15) is 0 Å². The zero-order chi connectivity index (χ0) is 19.6. The largest absolute Gasteiger partial charge is 0.475 e. The molecule has 0 fully saturated rings. The van der Waals surface area contributed by atoms with E-state index in [1.165, 1.54) is 11.8 Å². The first-order chi connectivity index (χ1) is 12.9. The van der Waals surface area contributed by atoms with E-state index in [9.17, 15) is 9.59 Å². The Hall–Kier alpha value is -2.54. The summed E-state index contributed by atoms with van der Waals surface area (Å²) in [5, 5.41) is 5.64. The Morgan fingerprint density at radius 1 is 1.15 bits per heavy atom. The molecule has 0 bridgehead atoms. The minimum atomic E-state index is -0.122. The minimum absolute atomic E-state index is 0.0724. The maximum atomic E-state index is 11.9. The second kappa shape index (κ2) is 10.6. The number of anilines is 1. The molecule has 1 heterocycles. The molecule has 2 N–H and O–H groups in total. The zero-order valence-corrected chi connectivity index (χ0v) is 16.6. The predicted molar refractivity (Wildman–Crippen MR) is 109 cm³/mol. The van der Waals surface area contributed by atoms with Crippen LogP contribution in [-0.2, 0) is 16.1 Å². The Morgan fingerprint density at radius 2 is 1.93 bits per heavy atom. The number of hydrogen-bond acceptors (Lipinski definition) is 5. The monoisotopic (exact) mass is 387 g/mol. The van der Waals surface area contributed by atoms with Crippen molar-refractivity contribution in [3.63, 3.8) is 0 Å². The van der Waals surface area contributed by atoms with Crippen LogP contribution in [0.15, 0.2) is 42.6 Å². The van der Waals surface area contributed by atoms with Crippen molar-refractivity contribution in [2.45, 2.75) is 33.4 Å². The molecule has 0 saturated heterocycles. The molecule has 0 atom stereocenters. The van der Waals surface area contributed by atoms with Gasteiger partial charge in [-0.3, -0.25) is 9.59 Å². The number of pyridine rings is 1. The molecule has 0 unspecified atom stereocenters. The van der Waals surface area contributed by atoms with Crippen molar-refractivity contribution in [3.05, 3.63) is 53.7 Å². The van der Waals surface area contributed by atoms with Crippen molar-refractivity contribution in [1.29, 1.82) is 0 Å². The lowest BCUT2D eigenvalue weighted by molar-refractivity contribution is -0.118. The Morgan fingerprint density at radius 3 is 2.59 bits per heavy atom. The van der Waals surface area contributed by atoms with Crippen molar-refractivity contribution in [2.75, 3.05) is 16.8 Å². The summed E-state index contributed by atoms with van der Waals surface area (Å²) in [5.41, 5.74) is 2.74. The molecule has 0 radical (unpaired) electrons. The van der Waals surface area contributed by atoms with Crippen LogP contribution in [0.3, 0.4) is 0 Å². The Labute approximate surface area is 164 Å². The van der Waals surface area contributed by atoms with Crippen molar-refractivity contribution in [1.82, 2.24) is 10.3 Å². The zero-order valence-electron chi connectivity index (χ0n) is 15.8. The number of thioether (sulfide) groups is 1. The smallest absolute Gasteiger partial charge is 0.234 e. The van der Waals surface area contributed by atoms with Crippen LogP contribution in [0.25, 0.3) is 0 Å². The molecule has 27 heavy (non-hydrogen) atoms. The van der Waals surface area contributed by atoms with Gasteiger partial charge in [-0.25, -0.2) is 4.98 Å². The van der Waals surface area contributed by atoms with Gasteiger partial charge in [0.25, 0.3) is 0 Å². The summed E-state index contributed by atoms with van der Waals surface area (Å²) in [6.45, 7) is 6.24. The summed E-state index contributed by atoms with van der Waals surface area (Å²) in [6, 6.07) is 11.3. The first-order valence-corrected chi connectivity index (χ1v) is 9.90. The third kappa shape index (κ3) is 8.13. The molecule has 0 aliphatic carbocycles. The minimum Gasteiger partial charge on any atom is -0.475 e. The highest BCUT2D eigenvalue weighted by Crippen LogP contribution is 2.11. The molecule has 2 amide bonds. The highest BCUT2D eigenvalue weighted by atomic mass is 32.2. The van der Waals surface area contributed by atoms with E-state index in [4.69, 9.17) is 4.74 Å². The molecule has 1 aromatic heterocycles. The molecular weight excluding hydrogens is 362 g/mol. The van der Waals surface area contributed by atoms with E-state index in [1.54, 1.807) is 12.3 Å². The van der Waals surface area contributed by atoms with Gasteiger partial charge in [0, 0.05) is 24.5 Å². The van der Waals surface area contributed by atoms with Gasteiger partial charge in [-0.15, -0.1) is 11.8 Å². The van der Waals surface area contributed by atoms with E-state index < -0.39 is 0 Å². The van der Waals surface area contributed by atoms with Crippen LogP contribution in [0, 0.1) is 6.92 Å². The van der Waals surface area contributed by atoms with Gasteiger partial charge in [0.15, 0.2) is 0 Å². The summed E-state index contributed by atoms with van der Waals surface area (Å²) >= 11 is 1.28. The predicted octanol–water partition coefficient (Wildman–Crippen LogP) is 3.17. The van der Waals surface area contributed by atoms with Gasteiger partial charge in [0.05, 0.1) is 17.6 Å². The number of ether oxygens (including phenoxy) is 1. The molecule has 1 aromatic carbocycles. The summed E-state index contributed by atoms with van der Waals surface area (Å²) < 4.78 is 5.48. The van der Waals surface area contributed by atoms with Gasteiger partial charge in [-0.1, -0.05) is 18.2 Å². The first-order valence-electron chi connectivity index (χ1n) is 8.75. The molecule has 7 heteroatoms. The van der Waals surface area contributed by atoms with Crippen molar-refractivity contribution in [3.8, 4) is 5.88 Å². The van der Waals surface area contributed by atoms with Crippen molar-refractivity contribution >= 4 is 29.3 Å². The number of rotatable bonds is 9. The molecule has 6 nitrogen and oxygen atoms in total. The Kier molecular flexibility index (Phi) is 8.13. The normalized spacial score (nSPS) is 10.5. The van der Waals surface area contributed by atoms with E-state index >= 15 is 0 Å². The molecule has 2 aromatic rings. The number of nitrogens with zero attached hydrogens (tertiary/aromatic N) is 1. The molecule has 0 saturated carbocycles. The van der Waals surface area contributed by atoms with Crippen LogP contribution >= 0.6 is 11.8 Å².